The van der Waals surface area contributed by atoms with E-state index in [0.29, 0.717) is 46.8 Å². The number of aliphatic hydroxyl groups is 2. The minimum Gasteiger partial charge on any atom is -0.393 e. The highest BCUT2D eigenvalue weighted by Crippen LogP contribution is 2.67. The topological polar surface area (TPSA) is 40.5 Å². The van der Waals surface area contributed by atoms with E-state index in [-0.39, 0.29) is 17.6 Å². The summed E-state index contributed by atoms with van der Waals surface area (Å²) in [4.78, 5) is 0. The third-order valence-electron chi connectivity index (χ3n) is 11.0. The van der Waals surface area contributed by atoms with E-state index in [1.54, 1.807) is 0 Å². The van der Waals surface area contributed by atoms with Crippen LogP contribution in [0, 0.1) is 58.2 Å². The standard InChI is InChI=1S/C30H50O2/c1-18(2)23(19(3)4)9-8-20(5)24-10-11-25-28-26(13-15-30(24,25)7)29(6)14-12-22(31)16-21(29)17-27(28)32/h8-9,17-20,22-28,31-32H,10-16H2,1-7H3. The first-order valence-electron chi connectivity index (χ1n) is 13.7. The molecule has 0 radical (unpaired) electrons. The molecule has 2 nitrogen and oxygen atoms in total. The van der Waals surface area contributed by atoms with Crippen molar-refractivity contribution in [2.24, 2.45) is 58.2 Å². The van der Waals surface area contributed by atoms with E-state index in [1.807, 2.05) is 0 Å². The van der Waals surface area contributed by atoms with Gasteiger partial charge in [0.05, 0.1) is 12.2 Å². The molecule has 32 heavy (non-hydrogen) atoms. The van der Waals surface area contributed by atoms with Crippen LogP contribution < -0.4 is 0 Å². The van der Waals surface area contributed by atoms with Gasteiger partial charge in [0, 0.05) is 0 Å². The Labute approximate surface area is 198 Å². The van der Waals surface area contributed by atoms with Crippen molar-refractivity contribution in [1.29, 1.82) is 0 Å². The van der Waals surface area contributed by atoms with Gasteiger partial charge in [-0.05, 0) is 103 Å². The van der Waals surface area contributed by atoms with Crippen LogP contribution in [0.5, 0.6) is 0 Å². The maximum atomic E-state index is 11.4. The lowest BCUT2D eigenvalue weighted by atomic mass is 9.46. The number of hydrogen-bond donors (Lipinski definition) is 2. The summed E-state index contributed by atoms with van der Waals surface area (Å²) in [5.74, 6) is 4.98. The van der Waals surface area contributed by atoms with Gasteiger partial charge in [0.15, 0.2) is 0 Å². The fourth-order valence-corrected chi connectivity index (χ4v) is 9.19. The van der Waals surface area contributed by atoms with Crippen LogP contribution in [0.3, 0.4) is 0 Å². The van der Waals surface area contributed by atoms with Crippen LogP contribution in [0.2, 0.25) is 0 Å². The number of aliphatic hydroxyl groups excluding tert-OH is 2. The van der Waals surface area contributed by atoms with Gasteiger partial charge in [-0.2, -0.15) is 0 Å². The van der Waals surface area contributed by atoms with Crippen LogP contribution >= 0.6 is 0 Å². The van der Waals surface area contributed by atoms with Crippen molar-refractivity contribution < 1.29 is 10.2 Å². The SMILES string of the molecule is CC(C)C(C=CC(C)C1CCC2C3C(O)C=C4CC(O)CCC4(C)C3CCC12C)C(C)C. The zero-order valence-electron chi connectivity index (χ0n) is 21.8. The van der Waals surface area contributed by atoms with Gasteiger partial charge in [-0.25, -0.2) is 0 Å². The number of fused-ring (bicyclic) bond motifs is 5. The summed E-state index contributed by atoms with van der Waals surface area (Å²) in [7, 11) is 0. The average Bonchev–Trinajstić information content (AvgIpc) is 3.06. The molecule has 4 rings (SSSR count). The van der Waals surface area contributed by atoms with Crippen LogP contribution in [0.4, 0.5) is 0 Å². The summed E-state index contributed by atoms with van der Waals surface area (Å²) >= 11 is 0. The van der Waals surface area contributed by atoms with Gasteiger partial charge in [0.1, 0.15) is 0 Å². The van der Waals surface area contributed by atoms with Crippen molar-refractivity contribution in [3.05, 3.63) is 23.8 Å². The molecule has 3 saturated carbocycles. The van der Waals surface area contributed by atoms with Gasteiger partial charge in [0.2, 0.25) is 0 Å². The molecule has 9 atom stereocenters. The molecule has 0 aromatic carbocycles. The monoisotopic (exact) mass is 442 g/mol. The van der Waals surface area contributed by atoms with Crippen molar-refractivity contribution in [2.45, 2.75) is 106 Å². The second-order valence-corrected chi connectivity index (χ2v) is 13.3. The van der Waals surface area contributed by atoms with Gasteiger partial charge in [-0.3, -0.25) is 0 Å². The Balaban J connectivity index is 1.56. The lowest BCUT2D eigenvalue weighted by Crippen LogP contribution is -2.54. The lowest BCUT2D eigenvalue weighted by Gasteiger charge is -2.59. The van der Waals surface area contributed by atoms with E-state index in [4.69, 9.17) is 0 Å². The highest BCUT2D eigenvalue weighted by Gasteiger charge is 2.61. The number of allylic oxidation sites excluding steroid dienone is 2. The van der Waals surface area contributed by atoms with Crippen molar-refractivity contribution >= 4 is 0 Å². The second kappa shape index (κ2) is 8.88. The molecule has 0 aromatic heterocycles. The van der Waals surface area contributed by atoms with Gasteiger partial charge < -0.3 is 10.2 Å². The molecule has 0 saturated heterocycles. The first kappa shape index (κ1) is 24.5. The molecule has 4 aliphatic carbocycles. The summed E-state index contributed by atoms with van der Waals surface area (Å²) in [5.41, 5.74) is 1.89. The zero-order valence-corrected chi connectivity index (χ0v) is 21.8. The van der Waals surface area contributed by atoms with Gasteiger partial charge in [-0.15, -0.1) is 0 Å². The molecule has 2 heteroatoms. The Morgan fingerprint density at radius 2 is 1.56 bits per heavy atom. The van der Waals surface area contributed by atoms with E-state index in [1.165, 1.54) is 31.3 Å². The Kier molecular flexibility index (Phi) is 6.80. The molecule has 0 heterocycles. The van der Waals surface area contributed by atoms with Crippen LogP contribution in [-0.4, -0.2) is 22.4 Å². The first-order chi connectivity index (χ1) is 15.0. The van der Waals surface area contributed by atoms with Crippen molar-refractivity contribution in [3.63, 3.8) is 0 Å². The molecule has 0 aromatic rings. The highest BCUT2D eigenvalue weighted by atomic mass is 16.3. The van der Waals surface area contributed by atoms with Crippen molar-refractivity contribution in [3.8, 4) is 0 Å². The molecule has 182 valence electrons. The predicted octanol–water partition coefficient (Wildman–Crippen LogP) is 7.02. The minimum atomic E-state index is -0.325. The van der Waals surface area contributed by atoms with E-state index < -0.39 is 0 Å². The second-order valence-electron chi connectivity index (χ2n) is 13.3. The van der Waals surface area contributed by atoms with Gasteiger partial charge in [0.25, 0.3) is 0 Å². The summed E-state index contributed by atoms with van der Waals surface area (Å²) in [6.45, 7) is 16.9. The molecule has 0 bridgehead atoms. The van der Waals surface area contributed by atoms with E-state index in [9.17, 15) is 10.2 Å². The zero-order chi connectivity index (χ0) is 23.4. The molecule has 0 spiro atoms. The largest absolute Gasteiger partial charge is 0.393 e. The van der Waals surface area contributed by atoms with E-state index in [0.717, 1.165) is 25.2 Å². The average molecular weight is 443 g/mol. The normalized spacial score (nSPS) is 45.2. The summed E-state index contributed by atoms with van der Waals surface area (Å²) in [6.07, 6.45) is 14.6. The van der Waals surface area contributed by atoms with E-state index >= 15 is 0 Å². The Bertz CT molecular complexity index is 727. The van der Waals surface area contributed by atoms with Crippen molar-refractivity contribution in [1.82, 2.24) is 0 Å². The van der Waals surface area contributed by atoms with Crippen LogP contribution in [0.15, 0.2) is 23.8 Å². The van der Waals surface area contributed by atoms with Crippen LogP contribution in [0.1, 0.15) is 93.4 Å². The summed E-state index contributed by atoms with van der Waals surface area (Å²) < 4.78 is 0. The molecule has 9 unspecified atom stereocenters. The molecular weight excluding hydrogens is 392 g/mol. The summed E-state index contributed by atoms with van der Waals surface area (Å²) in [5, 5.41) is 21.6. The van der Waals surface area contributed by atoms with Gasteiger partial charge >= 0.3 is 0 Å². The molecule has 0 aliphatic heterocycles. The van der Waals surface area contributed by atoms with Crippen LogP contribution in [-0.2, 0) is 0 Å². The fourth-order valence-electron chi connectivity index (χ4n) is 9.19. The Morgan fingerprint density at radius 3 is 2.22 bits per heavy atom. The maximum Gasteiger partial charge on any atom is 0.0757 e. The minimum absolute atomic E-state index is 0.190. The molecule has 4 aliphatic rings. The number of rotatable bonds is 5. The van der Waals surface area contributed by atoms with Crippen molar-refractivity contribution in [2.75, 3.05) is 0 Å². The summed E-state index contributed by atoms with van der Waals surface area (Å²) in [6, 6.07) is 0. The number of hydrogen-bond acceptors (Lipinski definition) is 2. The molecule has 2 N–H and O–H groups in total. The van der Waals surface area contributed by atoms with E-state index in [2.05, 4.69) is 66.7 Å². The smallest absolute Gasteiger partial charge is 0.0757 e. The molecule has 3 fully saturated rings. The van der Waals surface area contributed by atoms with Gasteiger partial charge in [-0.1, -0.05) is 72.3 Å². The quantitative estimate of drug-likeness (QED) is 0.449. The third kappa shape index (κ3) is 3.96. The Morgan fingerprint density at radius 1 is 0.875 bits per heavy atom. The predicted molar refractivity (Wildman–Crippen MR) is 134 cm³/mol. The molecule has 0 amide bonds. The fraction of sp³-hybridized carbons (Fsp3) is 0.867. The Hall–Kier alpha value is -0.600. The highest BCUT2D eigenvalue weighted by molar-refractivity contribution is 5.28. The first-order valence-corrected chi connectivity index (χ1v) is 13.7. The lowest BCUT2D eigenvalue weighted by molar-refractivity contribution is -0.0950. The maximum absolute atomic E-state index is 11.4. The van der Waals surface area contributed by atoms with Crippen LogP contribution in [0.25, 0.3) is 0 Å². The third-order valence-corrected chi connectivity index (χ3v) is 11.0. The molecular formula is C30H50O2.